The van der Waals surface area contributed by atoms with Crippen molar-refractivity contribution in [2.75, 3.05) is 44.3 Å². The Bertz CT molecular complexity index is 989. The number of hydrogen-bond donors (Lipinski definition) is 0. The van der Waals surface area contributed by atoms with Crippen LogP contribution in [0.5, 0.6) is 0 Å². The van der Waals surface area contributed by atoms with Gasteiger partial charge in [-0.25, -0.2) is 4.98 Å². The number of hydrogen-bond acceptors (Lipinski definition) is 6. The summed E-state index contributed by atoms with van der Waals surface area (Å²) >= 11 is 15.3. The number of morpholine rings is 1. The Hall–Kier alpha value is -0.930. The minimum absolute atomic E-state index is 0. The molecule has 2 aromatic heterocycles. The fourth-order valence-corrected chi connectivity index (χ4v) is 5.70. The van der Waals surface area contributed by atoms with Crippen molar-refractivity contribution in [3.8, 4) is 0 Å². The Morgan fingerprint density at radius 3 is 2.67 bits per heavy atom. The van der Waals surface area contributed by atoms with Crippen LogP contribution in [0.15, 0.2) is 30.3 Å². The van der Waals surface area contributed by atoms with Gasteiger partial charge in [0.25, 0.3) is 0 Å². The number of rotatable bonds is 7. The van der Waals surface area contributed by atoms with Crippen LogP contribution in [0.25, 0.3) is 10.2 Å². The summed E-state index contributed by atoms with van der Waals surface area (Å²) in [6.07, 6.45) is 1.19. The predicted molar refractivity (Wildman–Crippen MR) is 129 cm³/mol. The maximum Gasteiger partial charge on any atom is 0.234 e. The van der Waals surface area contributed by atoms with Gasteiger partial charge in [-0.1, -0.05) is 40.6 Å². The zero-order valence-electron chi connectivity index (χ0n) is 16.2. The van der Waals surface area contributed by atoms with Crippen LogP contribution in [-0.2, 0) is 16.0 Å². The maximum absolute atomic E-state index is 13.2. The Morgan fingerprint density at radius 2 is 1.97 bits per heavy atom. The first-order valence-electron chi connectivity index (χ1n) is 9.50. The van der Waals surface area contributed by atoms with E-state index in [1.807, 2.05) is 30.3 Å². The number of thiophene rings is 1. The average Bonchev–Trinajstić information content (AvgIpc) is 3.33. The van der Waals surface area contributed by atoms with E-state index in [2.05, 4.69) is 9.88 Å². The number of fused-ring (bicyclic) bond motifs is 1. The number of para-hydroxylation sites is 1. The molecule has 1 saturated heterocycles. The number of benzene rings is 1. The topological polar surface area (TPSA) is 45.7 Å². The maximum atomic E-state index is 13.2. The molecule has 0 spiro atoms. The lowest BCUT2D eigenvalue weighted by atomic mass is 10.3. The fraction of sp³-hybridized carbons (Fsp3) is 0.400. The third-order valence-corrected chi connectivity index (χ3v) is 7.38. The summed E-state index contributed by atoms with van der Waals surface area (Å²) in [5, 5.41) is 1.30. The zero-order chi connectivity index (χ0) is 20.2. The predicted octanol–water partition coefficient (Wildman–Crippen LogP) is 5.38. The van der Waals surface area contributed by atoms with Gasteiger partial charge in [0, 0.05) is 31.1 Å². The number of nitrogens with zero attached hydrogens (tertiary/aromatic N) is 3. The van der Waals surface area contributed by atoms with Gasteiger partial charge in [-0.2, -0.15) is 0 Å². The number of anilines is 1. The summed E-state index contributed by atoms with van der Waals surface area (Å²) in [6.45, 7) is 4.99. The Labute approximate surface area is 200 Å². The normalized spacial score (nSPS) is 14.6. The summed E-state index contributed by atoms with van der Waals surface area (Å²) < 4.78 is 7.09. The molecule has 1 fully saturated rings. The summed E-state index contributed by atoms with van der Waals surface area (Å²) in [4.78, 5) is 23.0. The van der Waals surface area contributed by atoms with Crippen LogP contribution in [0.1, 0.15) is 11.3 Å². The van der Waals surface area contributed by atoms with E-state index in [-0.39, 0.29) is 18.3 Å². The highest BCUT2D eigenvalue weighted by Crippen LogP contribution is 2.33. The molecule has 0 atom stereocenters. The van der Waals surface area contributed by atoms with Gasteiger partial charge in [-0.15, -0.1) is 23.7 Å². The number of ether oxygens (including phenoxy) is 1. The van der Waals surface area contributed by atoms with Gasteiger partial charge in [0.15, 0.2) is 5.13 Å². The molecule has 162 valence electrons. The molecule has 4 rings (SSSR count). The third-order valence-electron chi connectivity index (χ3n) is 4.80. The molecule has 10 heteroatoms. The van der Waals surface area contributed by atoms with Crippen molar-refractivity contribution in [2.45, 2.75) is 12.8 Å². The molecular formula is C20H22Cl3N3O2S2. The van der Waals surface area contributed by atoms with Gasteiger partial charge in [0.05, 0.1) is 33.7 Å². The average molecular weight is 507 g/mol. The number of carbonyl (C=O) groups is 1. The number of carbonyl (C=O) groups excluding carboxylic acids is 1. The molecule has 1 aliphatic rings. The summed E-state index contributed by atoms with van der Waals surface area (Å²) in [5.41, 5.74) is 0.749. The van der Waals surface area contributed by atoms with E-state index >= 15 is 0 Å². The Morgan fingerprint density at radius 1 is 1.17 bits per heavy atom. The summed E-state index contributed by atoms with van der Waals surface area (Å²) in [5.74, 6) is 0.0284. The van der Waals surface area contributed by atoms with Gasteiger partial charge >= 0.3 is 0 Å². The van der Waals surface area contributed by atoms with Crippen molar-refractivity contribution in [1.29, 1.82) is 0 Å². The van der Waals surface area contributed by atoms with Crippen molar-refractivity contribution >= 4 is 79.5 Å². The highest BCUT2D eigenvalue weighted by Gasteiger charge is 2.22. The van der Waals surface area contributed by atoms with Crippen LogP contribution in [0, 0.1) is 0 Å². The molecule has 0 radical (unpaired) electrons. The van der Waals surface area contributed by atoms with Crippen molar-refractivity contribution in [3.63, 3.8) is 0 Å². The minimum Gasteiger partial charge on any atom is -0.379 e. The molecule has 0 bridgehead atoms. The van der Waals surface area contributed by atoms with Crippen LogP contribution in [-0.4, -0.2) is 55.2 Å². The zero-order valence-corrected chi connectivity index (χ0v) is 20.1. The highest BCUT2D eigenvalue weighted by atomic mass is 35.5. The molecule has 1 amide bonds. The van der Waals surface area contributed by atoms with Gasteiger partial charge in [-0.3, -0.25) is 14.6 Å². The van der Waals surface area contributed by atoms with Gasteiger partial charge in [-0.05, 0) is 30.7 Å². The Balaban J connectivity index is 0.00000256. The van der Waals surface area contributed by atoms with E-state index in [1.54, 1.807) is 4.90 Å². The van der Waals surface area contributed by atoms with Crippen molar-refractivity contribution in [1.82, 2.24) is 9.88 Å². The largest absolute Gasteiger partial charge is 0.379 e. The molecule has 5 nitrogen and oxygen atoms in total. The van der Waals surface area contributed by atoms with E-state index in [0.717, 1.165) is 54.4 Å². The molecule has 30 heavy (non-hydrogen) atoms. The van der Waals surface area contributed by atoms with Crippen LogP contribution in [0.2, 0.25) is 9.36 Å². The number of amides is 1. The second-order valence-corrected chi connectivity index (χ2v) is 10.0. The summed E-state index contributed by atoms with van der Waals surface area (Å²) in [7, 11) is 0. The van der Waals surface area contributed by atoms with Crippen LogP contribution in [0.3, 0.4) is 0 Å². The number of halogens is 3. The first-order chi connectivity index (χ1) is 14.1. The second kappa shape index (κ2) is 11.1. The first kappa shape index (κ1) is 23.7. The van der Waals surface area contributed by atoms with Crippen LogP contribution in [0.4, 0.5) is 5.13 Å². The smallest absolute Gasteiger partial charge is 0.234 e. The standard InChI is InChI=1S/C20H21Cl2N3O2S2.ClH/c21-15-3-1-4-16-19(15)23-20(29-16)25(8-2-7-24-9-11-27-12-10-24)18(26)13-14-5-6-17(22)28-14;/h1,3-6H,2,7-13H2;1H. The molecule has 3 aromatic rings. The molecule has 1 aromatic carbocycles. The minimum atomic E-state index is 0. The lowest BCUT2D eigenvalue weighted by Gasteiger charge is -2.27. The van der Waals surface area contributed by atoms with Crippen LogP contribution < -0.4 is 4.90 Å². The van der Waals surface area contributed by atoms with E-state index < -0.39 is 0 Å². The first-order valence-corrected chi connectivity index (χ1v) is 11.9. The quantitative estimate of drug-likeness (QED) is 0.431. The van der Waals surface area contributed by atoms with Crippen molar-refractivity contribution < 1.29 is 9.53 Å². The molecular weight excluding hydrogens is 485 g/mol. The van der Waals surface area contributed by atoms with Crippen LogP contribution >= 0.6 is 58.3 Å². The lowest BCUT2D eigenvalue weighted by molar-refractivity contribution is -0.118. The molecule has 1 aliphatic heterocycles. The number of thiazole rings is 1. The molecule has 0 aliphatic carbocycles. The number of aromatic nitrogens is 1. The SMILES string of the molecule is Cl.O=C(Cc1ccc(Cl)s1)N(CCCN1CCOCC1)c1nc2c(Cl)cccc2s1. The van der Waals surface area contributed by atoms with Gasteiger partial charge < -0.3 is 4.74 Å². The second-order valence-electron chi connectivity index (χ2n) is 6.82. The highest BCUT2D eigenvalue weighted by molar-refractivity contribution is 7.22. The molecule has 3 heterocycles. The van der Waals surface area contributed by atoms with E-state index in [0.29, 0.717) is 27.5 Å². The summed E-state index contributed by atoms with van der Waals surface area (Å²) in [6, 6.07) is 9.45. The molecule has 0 saturated carbocycles. The van der Waals surface area contributed by atoms with Crippen molar-refractivity contribution in [2.24, 2.45) is 0 Å². The van der Waals surface area contributed by atoms with E-state index in [1.165, 1.54) is 22.7 Å². The monoisotopic (exact) mass is 505 g/mol. The molecule has 0 N–H and O–H groups in total. The van der Waals surface area contributed by atoms with Gasteiger partial charge in [0.1, 0.15) is 5.52 Å². The van der Waals surface area contributed by atoms with Gasteiger partial charge in [0.2, 0.25) is 5.91 Å². The Kier molecular flexibility index (Phi) is 8.77. The molecule has 0 unspecified atom stereocenters. The third kappa shape index (κ3) is 5.85. The lowest BCUT2D eigenvalue weighted by Crippen LogP contribution is -2.39. The van der Waals surface area contributed by atoms with Crippen molar-refractivity contribution in [3.05, 3.63) is 44.6 Å². The van der Waals surface area contributed by atoms with E-state index in [9.17, 15) is 4.79 Å². The fourth-order valence-electron chi connectivity index (χ4n) is 3.31. The van der Waals surface area contributed by atoms with E-state index in [4.69, 9.17) is 27.9 Å².